The summed E-state index contributed by atoms with van der Waals surface area (Å²) in [5.74, 6) is -0.605. The van der Waals surface area contributed by atoms with Gasteiger partial charge in [-0.15, -0.1) is 0 Å². The number of nitrogens with one attached hydrogen (secondary N) is 2. The maximum absolute atomic E-state index is 14.5. The Kier molecular flexibility index (Phi) is 31.4. The summed E-state index contributed by atoms with van der Waals surface area (Å²) in [6, 6.07) is 106. The van der Waals surface area contributed by atoms with Gasteiger partial charge < -0.3 is 24.8 Å². The minimum atomic E-state index is -1.67. The summed E-state index contributed by atoms with van der Waals surface area (Å²) in [7, 11) is 8.64. The van der Waals surface area contributed by atoms with Gasteiger partial charge in [-0.25, -0.2) is 48.1 Å². The molecule has 21 aromatic rings. The molecule has 9 aromatic carbocycles. The van der Waals surface area contributed by atoms with Crippen molar-refractivity contribution in [1.29, 1.82) is 0 Å². The van der Waals surface area contributed by atoms with Gasteiger partial charge in [0.05, 0.1) is 40.4 Å². The van der Waals surface area contributed by atoms with Gasteiger partial charge in [0.15, 0.2) is 16.9 Å². The topological polar surface area (TPSA) is 244 Å². The molecule has 0 bridgehead atoms. The predicted octanol–water partition coefficient (Wildman–Crippen LogP) is 20.3. The Morgan fingerprint density at radius 3 is 1.04 bits per heavy atom. The molecule has 21 rings (SSSR count). The van der Waals surface area contributed by atoms with Crippen molar-refractivity contribution >= 4 is 167 Å². The maximum atomic E-state index is 14.5. The van der Waals surface area contributed by atoms with Crippen LogP contribution in [0.3, 0.4) is 0 Å². The Bertz CT molecular complexity index is 7270. The number of ether oxygens (including phenoxy) is 1. The molecule has 0 aliphatic rings. The molecule has 0 amide bonds. The molecule has 4 N–H and O–H groups in total. The Hall–Kier alpha value is -13.7. The average molecular weight is 1990 g/mol. The fourth-order valence-electron chi connectivity index (χ4n) is 14.5. The van der Waals surface area contributed by atoms with Crippen LogP contribution in [-0.2, 0) is 15.9 Å². The van der Waals surface area contributed by atoms with Crippen LogP contribution in [0.15, 0.2) is 412 Å². The molecule has 12 heterocycles. The average Bonchev–Trinajstić information content (AvgIpc) is 0.759. The van der Waals surface area contributed by atoms with E-state index in [0.29, 0.717) is 72.8 Å². The smallest absolute Gasteiger partial charge is 0.0134 e. The van der Waals surface area contributed by atoms with Gasteiger partial charge in [-0.1, -0.05) is 224 Å². The number of aromatic amines is 2. The van der Waals surface area contributed by atoms with Crippen LogP contribution in [0.5, 0.6) is 5.88 Å². The minimum absolute atomic E-state index is 0.0847. The molecule has 0 radical (unpaired) electrons. The summed E-state index contributed by atoms with van der Waals surface area (Å²) in [6.07, 6.45) is 19.9. The minimum Gasteiger partial charge on any atom is -0.0622 e. The number of hydrogen-bond acceptors (Lipinski definition) is 15. The molecule has 0 aliphatic carbocycles. The number of methoxy groups -OCH3 is 1. The summed E-state index contributed by atoms with van der Waals surface area (Å²) in [4.78, 5) is 71.7. The van der Waals surface area contributed by atoms with Crippen LogP contribution in [0.2, 0.25) is 0 Å². The zero-order valence-corrected chi connectivity index (χ0v) is 75.8. The van der Waals surface area contributed by atoms with E-state index in [1.807, 2.05) is 48.5 Å². The Morgan fingerprint density at radius 2 is 0.662 bits per heavy atom. The van der Waals surface area contributed by atoms with E-state index in [0.717, 1.165) is 58.1 Å². The third-order valence-corrected chi connectivity index (χ3v) is 26.2. The second-order valence-corrected chi connectivity index (χ2v) is 36.3. The van der Waals surface area contributed by atoms with E-state index in [1.165, 1.54) is 62.3 Å². The molecule has 17 nitrogen and oxygen atoms in total. The number of pyridine rings is 12. The van der Waals surface area contributed by atoms with Crippen LogP contribution in [0.4, 0.5) is 13.2 Å². The molecule has 0 atom stereocenters. The Balaban J connectivity index is 0.000000121. The number of rotatable bonds is 13. The summed E-state index contributed by atoms with van der Waals surface area (Å²) < 4.78 is 49.1. The van der Waals surface area contributed by atoms with Crippen molar-refractivity contribution in [1.82, 2.24) is 59.8 Å². The Morgan fingerprint density at radius 1 is 0.338 bits per heavy atom. The van der Waals surface area contributed by atoms with Crippen LogP contribution in [-0.4, -0.2) is 84.1 Å². The number of hydrogen-bond donors (Lipinski definition) is 4. The first-order valence-electron chi connectivity index (χ1n) is 40.2. The van der Waals surface area contributed by atoms with Gasteiger partial charge in [-0.2, -0.15) is 0 Å². The number of halogens is 6. The first-order valence-corrected chi connectivity index (χ1v) is 48.0. The van der Waals surface area contributed by atoms with E-state index in [2.05, 4.69) is 264 Å². The fourth-order valence-corrected chi connectivity index (χ4v) is 19.7. The first-order chi connectivity index (χ1) is 63.7. The third-order valence-electron chi connectivity index (χ3n) is 20.4. The summed E-state index contributed by atoms with van der Waals surface area (Å²) in [5.41, 5.74) is 7.13. The normalized spacial score (nSPS) is 10.8. The number of H-pyrrole nitrogens is 2. The SMILES string of the molecule is COc1ncc(-c2cc(-c3ccccc3F)nc3ncccc23)c2ccncc12.O=c1[nH]cc(-c2cc(-c3ccccc3F)nc3ncccc23)c2ccncc12.O=c1[nH]cc(I)c2ccncc12.OB(O)c1cc(-c2ccccc2F)nc2ncccc12.[Cl][Pd][Cl].c1ccc(P(c2ccccc2)c2ccccc2)cc1.c1ccc(P(c2ccccc2)c2ccccc2)cc1. The maximum Gasteiger partial charge on any atom is -0.0134 e. The zero-order valence-electron chi connectivity index (χ0n) is 68.8. The predicted molar refractivity (Wildman–Crippen MR) is 528 cm³/mol. The molecule has 640 valence electrons. The van der Waals surface area contributed by atoms with E-state index in [9.17, 15) is 32.8 Å². The third kappa shape index (κ3) is 22.0. The van der Waals surface area contributed by atoms with Crippen LogP contribution >= 0.6 is 57.5 Å². The Labute approximate surface area is 777 Å². The molecule has 12 aromatic heterocycles. The van der Waals surface area contributed by atoms with Gasteiger partial charge in [0.1, 0.15) is 17.5 Å². The molecule has 0 unspecified atom stereocenters. The van der Waals surface area contributed by atoms with Gasteiger partial charge >= 0.3 is 42.1 Å². The van der Waals surface area contributed by atoms with Crippen LogP contribution in [0.25, 0.3) is 121 Å². The van der Waals surface area contributed by atoms with Gasteiger partial charge in [-0.3, -0.25) is 24.5 Å². The van der Waals surface area contributed by atoms with Gasteiger partial charge in [0, 0.05) is 127 Å². The van der Waals surface area contributed by atoms with E-state index >= 15 is 0 Å². The molecule has 130 heavy (non-hydrogen) atoms. The fraction of sp³-hybridized carbons (Fsp3) is 0.00971. The molecule has 0 saturated heterocycles. The molecule has 0 saturated carbocycles. The second-order valence-electron chi connectivity index (χ2n) is 28.3. The summed E-state index contributed by atoms with van der Waals surface area (Å²) in [6.45, 7) is 0. The van der Waals surface area contributed by atoms with Crippen molar-refractivity contribution < 1.29 is 43.9 Å². The van der Waals surface area contributed by atoms with Crippen molar-refractivity contribution in [2.24, 2.45) is 0 Å². The molecule has 0 aliphatic heterocycles. The van der Waals surface area contributed by atoms with Gasteiger partial charge in [0.25, 0.3) is 11.1 Å². The number of nitrogens with zero attached hydrogens (tertiary/aromatic N) is 10. The van der Waals surface area contributed by atoms with Crippen molar-refractivity contribution in [3.8, 4) is 61.9 Å². The molecule has 0 fully saturated rings. The van der Waals surface area contributed by atoms with E-state index < -0.39 is 28.8 Å². The number of aromatic nitrogens is 12. The quantitative estimate of drug-likeness (QED) is 0.0476. The van der Waals surface area contributed by atoms with Gasteiger partial charge in [-0.05, 0) is 201 Å². The van der Waals surface area contributed by atoms with E-state index in [4.69, 9.17) is 23.8 Å². The number of benzene rings is 9. The summed E-state index contributed by atoms with van der Waals surface area (Å²) in [5, 5.41) is 34.1. The summed E-state index contributed by atoms with van der Waals surface area (Å²) >= 11 is 2.07. The largest absolute Gasteiger partial charge is 0.0622 e. The zero-order chi connectivity index (χ0) is 90.1. The molecular weight excluding hydrogens is 1920 g/mol. The first kappa shape index (κ1) is 91.1. The molecule has 27 heteroatoms. The standard InChI is InChI=1S/C23H15FN4O.C22H13FN4O.2C18H15P.C14H10BFN2O2.C8H5IN2O.2ClH.Pd/c1-29-23-19-12-25-10-8-14(19)18(13-27-23)17-11-21(16-5-2-3-7-20(16)24)28-22-15(17)6-4-9-26-22;23-19-6-2-1-4-15(19)20-10-16(14-5-3-8-25-21(14)27-20)17-12-26-22(28)18-11-24-9-7-13(17)18;2*1-4-10-16(11-5-1)19(17-12-6-2-7-13-17)18-14-8-3-9-15-18;16-12-6-2-1-4-10(12)13-8-11(15(19)20)9-5-3-7-17-14(9)18-13;9-7-4-11-8(12)6-3-10-2-1-5(6)7;;;/h2-13H,1H3;1-12H,(H,26,28);2*1-15H;1-8,19-20H;1-4H,(H,11,12);2*1H;/q;;;;;;;;+2/p-2. The second kappa shape index (κ2) is 44.9. The van der Waals surface area contributed by atoms with Crippen molar-refractivity contribution in [3.05, 3.63) is 444 Å². The van der Waals surface area contributed by atoms with E-state index in [1.54, 1.807) is 148 Å². The van der Waals surface area contributed by atoms with Crippen LogP contribution in [0, 0.1) is 21.0 Å². The van der Waals surface area contributed by atoms with Crippen molar-refractivity contribution in [2.45, 2.75) is 0 Å². The van der Waals surface area contributed by atoms with Crippen LogP contribution in [0.1, 0.15) is 0 Å². The van der Waals surface area contributed by atoms with Crippen LogP contribution < -0.4 is 53.1 Å². The monoisotopic (exact) mass is 1990 g/mol. The molecule has 0 spiro atoms. The number of fused-ring (bicyclic) bond motifs is 6. The van der Waals surface area contributed by atoms with Gasteiger partial charge in [0.2, 0.25) is 5.88 Å². The van der Waals surface area contributed by atoms with E-state index in [-0.39, 0.29) is 44.2 Å². The van der Waals surface area contributed by atoms with Crippen molar-refractivity contribution in [3.63, 3.8) is 0 Å². The van der Waals surface area contributed by atoms with Crippen molar-refractivity contribution in [2.75, 3.05) is 7.11 Å². The molecular formula is C103H73BCl2F3IN12O5P2Pd.